The molecule has 0 aliphatic carbocycles. The average Bonchev–Trinajstić information content (AvgIpc) is 2.12. The molecule has 0 radical (unpaired) electrons. The van der Waals surface area contributed by atoms with E-state index in [9.17, 15) is 26.4 Å². The highest BCUT2D eigenvalue weighted by Gasteiger charge is 2.40. The van der Waals surface area contributed by atoms with Gasteiger partial charge in [-0.25, -0.2) is 0 Å². The summed E-state index contributed by atoms with van der Waals surface area (Å²) in [5.74, 6) is -1.47. The van der Waals surface area contributed by atoms with Gasteiger partial charge in [0.1, 0.15) is 12.1 Å². The van der Waals surface area contributed by atoms with Crippen molar-refractivity contribution in [2.24, 2.45) is 0 Å². The van der Waals surface area contributed by atoms with E-state index in [0.29, 0.717) is 4.31 Å². The summed E-state index contributed by atoms with van der Waals surface area (Å²) >= 11 is 0. The standard InChI is InChI=1S/C7H13F3N2O4S/c1-6(2,5(13)14)12(3)17(15,16)11-4-7(8,9)10/h11H,4H2,1-3H3,(H,13,14). The van der Waals surface area contributed by atoms with Gasteiger partial charge in [0, 0.05) is 7.05 Å². The molecule has 6 nitrogen and oxygen atoms in total. The molecule has 102 valence electrons. The van der Waals surface area contributed by atoms with Crippen LogP contribution in [-0.4, -0.2) is 49.1 Å². The van der Waals surface area contributed by atoms with Crippen molar-refractivity contribution < 1.29 is 31.5 Å². The third-order valence-electron chi connectivity index (χ3n) is 2.13. The lowest BCUT2D eigenvalue weighted by molar-refractivity contribution is -0.145. The monoisotopic (exact) mass is 278 g/mol. The number of rotatable bonds is 5. The largest absolute Gasteiger partial charge is 0.480 e. The summed E-state index contributed by atoms with van der Waals surface area (Å²) in [6.45, 7) is 0.361. The smallest absolute Gasteiger partial charge is 0.402 e. The van der Waals surface area contributed by atoms with Crippen LogP contribution in [0.1, 0.15) is 13.8 Å². The predicted molar refractivity (Wildman–Crippen MR) is 52.5 cm³/mol. The molecule has 0 unspecified atom stereocenters. The van der Waals surface area contributed by atoms with Crippen molar-refractivity contribution >= 4 is 16.2 Å². The molecule has 0 aliphatic rings. The van der Waals surface area contributed by atoms with E-state index in [1.165, 1.54) is 4.72 Å². The molecule has 0 amide bonds. The van der Waals surface area contributed by atoms with Crippen LogP contribution in [0, 0.1) is 0 Å². The molecule has 17 heavy (non-hydrogen) atoms. The Morgan fingerprint density at radius 3 is 2.06 bits per heavy atom. The van der Waals surface area contributed by atoms with Crippen molar-refractivity contribution in [3.05, 3.63) is 0 Å². The Labute approximate surface area is 96.6 Å². The second-order valence-corrected chi connectivity index (χ2v) is 5.56. The molecular formula is C7H13F3N2O4S. The zero-order chi connectivity index (χ0) is 14.1. The van der Waals surface area contributed by atoms with Crippen LogP contribution in [0.15, 0.2) is 0 Å². The summed E-state index contributed by atoms with van der Waals surface area (Å²) in [6.07, 6.45) is -4.71. The minimum absolute atomic E-state index is 0.327. The van der Waals surface area contributed by atoms with Crippen molar-refractivity contribution in [1.29, 1.82) is 0 Å². The van der Waals surface area contributed by atoms with Gasteiger partial charge in [-0.05, 0) is 13.8 Å². The zero-order valence-corrected chi connectivity index (χ0v) is 10.2. The van der Waals surface area contributed by atoms with Crippen LogP contribution >= 0.6 is 0 Å². The first-order chi connectivity index (χ1) is 7.31. The van der Waals surface area contributed by atoms with Crippen LogP contribution < -0.4 is 4.72 Å². The topological polar surface area (TPSA) is 86.7 Å². The first-order valence-electron chi connectivity index (χ1n) is 4.34. The second-order valence-electron chi connectivity index (χ2n) is 3.77. The van der Waals surface area contributed by atoms with E-state index >= 15 is 0 Å². The molecule has 0 aromatic heterocycles. The molecule has 0 aliphatic heterocycles. The van der Waals surface area contributed by atoms with Crippen molar-refractivity contribution in [2.45, 2.75) is 25.6 Å². The Balaban J connectivity index is 4.91. The number of hydrogen-bond donors (Lipinski definition) is 2. The molecule has 0 bridgehead atoms. The molecular weight excluding hydrogens is 265 g/mol. The lowest BCUT2D eigenvalue weighted by atomic mass is 10.1. The average molecular weight is 278 g/mol. The number of carbonyl (C=O) groups is 1. The van der Waals surface area contributed by atoms with E-state index in [1.54, 1.807) is 0 Å². The lowest BCUT2D eigenvalue weighted by Crippen LogP contribution is -2.55. The van der Waals surface area contributed by atoms with E-state index < -0.39 is 34.4 Å². The van der Waals surface area contributed by atoms with Crippen molar-refractivity contribution in [2.75, 3.05) is 13.6 Å². The Hall–Kier alpha value is -0.870. The number of aliphatic carboxylic acids is 1. The predicted octanol–water partition coefficient (Wildman–Crippen LogP) is 0.178. The molecule has 0 fully saturated rings. The van der Waals surface area contributed by atoms with Crippen LogP contribution in [0.4, 0.5) is 13.2 Å². The number of halogens is 3. The summed E-state index contributed by atoms with van der Waals surface area (Å²) in [4.78, 5) is 10.8. The fraction of sp³-hybridized carbons (Fsp3) is 0.857. The Kier molecular flexibility index (Phi) is 4.54. The third kappa shape index (κ3) is 4.48. The number of hydrogen-bond acceptors (Lipinski definition) is 3. The quantitative estimate of drug-likeness (QED) is 0.751. The summed E-state index contributed by atoms with van der Waals surface area (Å²) < 4.78 is 59.9. The van der Waals surface area contributed by atoms with Crippen molar-refractivity contribution in [3.8, 4) is 0 Å². The molecule has 0 heterocycles. The fourth-order valence-corrected chi connectivity index (χ4v) is 1.92. The highest BCUT2D eigenvalue weighted by Crippen LogP contribution is 2.18. The van der Waals surface area contributed by atoms with Crippen LogP contribution in [0.5, 0.6) is 0 Å². The Morgan fingerprint density at radius 2 is 1.76 bits per heavy atom. The van der Waals surface area contributed by atoms with Gasteiger partial charge in [0.25, 0.3) is 10.2 Å². The summed E-state index contributed by atoms with van der Waals surface area (Å²) in [5.41, 5.74) is -1.85. The summed E-state index contributed by atoms with van der Waals surface area (Å²) in [7, 11) is -3.63. The number of nitrogens with zero attached hydrogens (tertiary/aromatic N) is 1. The van der Waals surface area contributed by atoms with Crippen LogP contribution in [-0.2, 0) is 15.0 Å². The molecule has 0 spiro atoms. The maximum absolute atomic E-state index is 11.8. The maximum Gasteiger partial charge on any atom is 0.402 e. The fourth-order valence-electron chi connectivity index (χ4n) is 0.705. The van der Waals surface area contributed by atoms with E-state index in [0.717, 1.165) is 20.9 Å². The molecule has 0 atom stereocenters. The normalized spacial score (nSPS) is 14.1. The highest BCUT2D eigenvalue weighted by molar-refractivity contribution is 7.87. The molecule has 0 aromatic rings. The van der Waals surface area contributed by atoms with E-state index in [4.69, 9.17) is 5.11 Å². The number of nitrogens with one attached hydrogen (secondary N) is 1. The number of likely N-dealkylation sites (N-methyl/N-ethyl adjacent to an activating group) is 1. The second kappa shape index (κ2) is 4.78. The highest BCUT2D eigenvalue weighted by atomic mass is 32.2. The molecule has 10 heteroatoms. The van der Waals surface area contributed by atoms with E-state index in [1.807, 2.05) is 0 Å². The Morgan fingerprint density at radius 1 is 1.35 bits per heavy atom. The van der Waals surface area contributed by atoms with E-state index in [-0.39, 0.29) is 0 Å². The molecule has 0 saturated carbocycles. The van der Waals surface area contributed by atoms with Crippen LogP contribution in [0.3, 0.4) is 0 Å². The SMILES string of the molecule is CN(C(C)(C)C(=O)O)S(=O)(=O)NCC(F)(F)F. The summed E-state index contributed by atoms with van der Waals surface area (Å²) in [5, 5.41) is 8.75. The minimum atomic E-state index is -4.71. The first kappa shape index (κ1) is 16.1. The third-order valence-corrected chi connectivity index (χ3v) is 3.81. The van der Waals surface area contributed by atoms with Crippen LogP contribution in [0.25, 0.3) is 0 Å². The number of alkyl halides is 3. The van der Waals surface area contributed by atoms with Crippen molar-refractivity contribution in [1.82, 2.24) is 9.03 Å². The Bertz CT molecular complexity index is 390. The van der Waals surface area contributed by atoms with Crippen molar-refractivity contribution in [3.63, 3.8) is 0 Å². The molecule has 0 saturated heterocycles. The first-order valence-corrected chi connectivity index (χ1v) is 5.78. The molecule has 0 rings (SSSR count). The number of carboxylic acid groups (broad SMARTS) is 1. The van der Waals surface area contributed by atoms with Gasteiger partial charge < -0.3 is 5.11 Å². The van der Waals surface area contributed by atoms with Gasteiger partial charge in [-0.15, -0.1) is 0 Å². The maximum atomic E-state index is 11.8. The molecule has 0 aromatic carbocycles. The lowest BCUT2D eigenvalue weighted by Gasteiger charge is -2.30. The van der Waals surface area contributed by atoms with Gasteiger partial charge in [0.05, 0.1) is 0 Å². The van der Waals surface area contributed by atoms with Gasteiger partial charge in [0.2, 0.25) is 0 Å². The van der Waals surface area contributed by atoms with Gasteiger partial charge in [-0.1, -0.05) is 0 Å². The van der Waals surface area contributed by atoms with Gasteiger partial charge >= 0.3 is 12.1 Å². The zero-order valence-electron chi connectivity index (χ0n) is 9.37. The van der Waals surface area contributed by atoms with E-state index in [2.05, 4.69) is 0 Å². The van der Waals surface area contributed by atoms with Gasteiger partial charge in [-0.2, -0.15) is 30.6 Å². The molecule has 2 N–H and O–H groups in total. The number of carboxylic acids is 1. The van der Waals surface area contributed by atoms with Gasteiger partial charge in [-0.3, -0.25) is 4.79 Å². The van der Waals surface area contributed by atoms with Crippen LogP contribution in [0.2, 0.25) is 0 Å². The van der Waals surface area contributed by atoms with Gasteiger partial charge in [0.15, 0.2) is 0 Å². The minimum Gasteiger partial charge on any atom is -0.480 e. The summed E-state index contributed by atoms with van der Waals surface area (Å²) in [6, 6.07) is 0.